The van der Waals surface area contributed by atoms with Crippen molar-refractivity contribution in [2.24, 2.45) is 11.7 Å². The molecule has 0 saturated heterocycles. The number of hydrogen-bond acceptors (Lipinski definition) is 6. The topological polar surface area (TPSA) is 106 Å². The van der Waals surface area contributed by atoms with E-state index in [0.29, 0.717) is 22.4 Å². The van der Waals surface area contributed by atoms with E-state index in [1.807, 2.05) is 0 Å². The van der Waals surface area contributed by atoms with E-state index in [0.717, 1.165) is 44.4 Å². The number of aliphatic hydroxyl groups is 1. The van der Waals surface area contributed by atoms with Crippen LogP contribution in [0.15, 0.2) is 18.3 Å². The van der Waals surface area contributed by atoms with Crippen molar-refractivity contribution >= 4 is 17.7 Å². The van der Waals surface area contributed by atoms with Gasteiger partial charge in [0.05, 0.1) is 12.1 Å². The van der Waals surface area contributed by atoms with Crippen LogP contribution in [0.5, 0.6) is 5.75 Å². The van der Waals surface area contributed by atoms with E-state index in [2.05, 4.69) is 11.9 Å². The van der Waals surface area contributed by atoms with Gasteiger partial charge in [-0.25, -0.2) is 4.79 Å². The SMILES string of the molecule is CC1CCC(Oc2ccnc(C[C@](O)(C(=O)O)[C@@H](N)CSC3CCC3)c2)CC1. The summed E-state index contributed by atoms with van der Waals surface area (Å²) in [7, 11) is 0. The van der Waals surface area contributed by atoms with Gasteiger partial charge in [-0.2, -0.15) is 11.8 Å². The number of carboxylic acid groups (broad SMARTS) is 1. The van der Waals surface area contributed by atoms with Gasteiger partial charge in [-0.15, -0.1) is 0 Å². The van der Waals surface area contributed by atoms with Crippen molar-refractivity contribution in [2.75, 3.05) is 5.75 Å². The molecule has 0 amide bonds. The fourth-order valence-corrected chi connectivity index (χ4v) is 5.14. The Bertz CT molecular complexity index is 662. The van der Waals surface area contributed by atoms with Crippen LogP contribution in [0.2, 0.25) is 0 Å². The normalized spacial score (nSPS) is 26.1. The lowest BCUT2D eigenvalue weighted by atomic mass is 9.89. The van der Waals surface area contributed by atoms with Gasteiger partial charge in [0.25, 0.3) is 0 Å². The second-order valence-electron chi connectivity index (χ2n) is 8.38. The van der Waals surface area contributed by atoms with E-state index in [9.17, 15) is 15.0 Å². The molecule has 0 bridgehead atoms. The lowest BCUT2D eigenvalue weighted by Gasteiger charge is -2.32. The first-order valence-electron chi connectivity index (χ1n) is 10.3. The highest BCUT2D eigenvalue weighted by molar-refractivity contribution is 8.00. The Labute approximate surface area is 171 Å². The minimum Gasteiger partial charge on any atom is -0.490 e. The molecule has 28 heavy (non-hydrogen) atoms. The van der Waals surface area contributed by atoms with E-state index in [1.165, 1.54) is 6.42 Å². The van der Waals surface area contributed by atoms with Crippen LogP contribution in [-0.4, -0.2) is 49.9 Å². The van der Waals surface area contributed by atoms with Crippen LogP contribution in [0.3, 0.4) is 0 Å². The lowest BCUT2D eigenvalue weighted by molar-refractivity contribution is -0.160. The molecular formula is C21H32N2O4S. The fraction of sp³-hybridized carbons (Fsp3) is 0.714. The summed E-state index contributed by atoms with van der Waals surface area (Å²) in [5.74, 6) is 0.542. The van der Waals surface area contributed by atoms with Crippen LogP contribution in [0.1, 0.15) is 57.6 Å². The molecule has 1 aromatic rings. The molecule has 0 radical (unpaired) electrons. The predicted molar refractivity (Wildman–Crippen MR) is 111 cm³/mol. The zero-order valence-electron chi connectivity index (χ0n) is 16.5. The van der Waals surface area contributed by atoms with Gasteiger partial charge in [0, 0.05) is 35.4 Å². The Balaban J connectivity index is 1.62. The molecule has 156 valence electrons. The number of pyridine rings is 1. The highest BCUT2D eigenvalue weighted by Gasteiger charge is 2.43. The van der Waals surface area contributed by atoms with E-state index < -0.39 is 17.6 Å². The van der Waals surface area contributed by atoms with Crippen LogP contribution in [0.25, 0.3) is 0 Å². The summed E-state index contributed by atoms with van der Waals surface area (Å²) in [4.78, 5) is 16.1. The molecule has 0 spiro atoms. The van der Waals surface area contributed by atoms with Gasteiger partial charge >= 0.3 is 5.97 Å². The van der Waals surface area contributed by atoms with Gasteiger partial charge < -0.3 is 20.7 Å². The highest BCUT2D eigenvalue weighted by Crippen LogP contribution is 2.33. The number of carbonyl (C=O) groups is 1. The van der Waals surface area contributed by atoms with Crippen molar-refractivity contribution < 1.29 is 19.7 Å². The van der Waals surface area contributed by atoms with Crippen molar-refractivity contribution in [3.05, 3.63) is 24.0 Å². The highest BCUT2D eigenvalue weighted by atomic mass is 32.2. The minimum atomic E-state index is -2.04. The molecule has 1 aromatic heterocycles. The van der Waals surface area contributed by atoms with Crippen molar-refractivity contribution in [3.63, 3.8) is 0 Å². The van der Waals surface area contributed by atoms with Crippen LogP contribution in [0, 0.1) is 5.92 Å². The maximum absolute atomic E-state index is 11.8. The molecule has 6 nitrogen and oxygen atoms in total. The summed E-state index contributed by atoms with van der Waals surface area (Å²) in [5.41, 5.74) is 4.56. The average Bonchev–Trinajstić information content (AvgIpc) is 2.62. The smallest absolute Gasteiger partial charge is 0.337 e. The number of carboxylic acids is 1. The Morgan fingerprint density at radius 3 is 2.68 bits per heavy atom. The minimum absolute atomic E-state index is 0.131. The van der Waals surface area contributed by atoms with E-state index in [1.54, 1.807) is 30.1 Å². The second kappa shape index (κ2) is 9.46. The first kappa shape index (κ1) is 21.4. The summed E-state index contributed by atoms with van der Waals surface area (Å²) < 4.78 is 6.08. The molecular weight excluding hydrogens is 376 g/mol. The number of nitrogens with two attached hydrogens (primary N) is 1. The van der Waals surface area contributed by atoms with Gasteiger partial charge in [0.1, 0.15) is 5.75 Å². The van der Waals surface area contributed by atoms with Crippen LogP contribution >= 0.6 is 11.8 Å². The number of nitrogens with zero attached hydrogens (tertiary/aromatic N) is 1. The van der Waals surface area contributed by atoms with Crippen LogP contribution in [0.4, 0.5) is 0 Å². The molecule has 4 N–H and O–H groups in total. The van der Waals surface area contributed by atoms with E-state index in [4.69, 9.17) is 10.5 Å². The summed E-state index contributed by atoms with van der Waals surface area (Å²) in [5, 5.41) is 21.0. The van der Waals surface area contributed by atoms with Crippen molar-refractivity contribution in [1.82, 2.24) is 4.98 Å². The zero-order valence-corrected chi connectivity index (χ0v) is 17.4. The molecule has 1 heterocycles. The zero-order chi connectivity index (χ0) is 20.1. The van der Waals surface area contributed by atoms with Gasteiger partial charge in [-0.1, -0.05) is 13.3 Å². The molecule has 2 atom stereocenters. The maximum atomic E-state index is 11.8. The predicted octanol–water partition coefficient (Wildman–Crippen LogP) is 3.01. The number of rotatable bonds is 9. The first-order chi connectivity index (χ1) is 13.4. The molecule has 2 aliphatic rings. The van der Waals surface area contributed by atoms with Gasteiger partial charge in [0.2, 0.25) is 0 Å². The van der Waals surface area contributed by atoms with E-state index >= 15 is 0 Å². The third-order valence-corrected chi connectivity index (χ3v) is 7.55. The standard InChI is InChI=1S/C21H32N2O4S/c1-14-5-7-16(8-6-14)27-17-9-10-23-15(11-17)12-21(26,20(24)25)19(22)13-28-18-3-2-4-18/h9-11,14,16,18-19,26H,2-8,12-13,22H2,1H3,(H,24,25)/t14?,16?,19-,21+/m0/s1. The molecule has 0 unspecified atom stereocenters. The first-order valence-corrected chi connectivity index (χ1v) is 11.4. The number of hydrogen-bond donors (Lipinski definition) is 3. The second-order valence-corrected chi connectivity index (χ2v) is 9.71. The number of aliphatic carboxylic acids is 1. The monoisotopic (exact) mass is 408 g/mol. The Kier molecular flexibility index (Phi) is 7.23. The molecule has 2 saturated carbocycles. The number of thioether (sulfide) groups is 1. The fourth-order valence-electron chi connectivity index (χ4n) is 3.72. The molecule has 0 aromatic carbocycles. The molecule has 7 heteroatoms. The van der Waals surface area contributed by atoms with E-state index in [-0.39, 0.29) is 12.5 Å². The third kappa shape index (κ3) is 5.39. The molecule has 2 aliphatic carbocycles. The van der Waals surface area contributed by atoms with Crippen molar-refractivity contribution in [3.8, 4) is 5.75 Å². The Hall–Kier alpha value is -1.31. The summed E-state index contributed by atoms with van der Waals surface area (Å²) >= 11 is 1.66. The molecule has 3 rings (SSSR count). The quantitative estimate of drug-likeness (QED) is 0.577. The molecule has 2 fully saturated rings. The molecule has 0 aliphatic heterocycles. The van der Waals surface area contributed by atoms with Gasteiger partial charge in [0.15, 0.2) is 5.60 Å². The summed E-state index contributed by atoms with van der Waals surface area (Å²) in [6, 6.07) is 2.66. The van der Waals surface area contributed by atoms with Crippen LogP contribution in [-0.2, 0) is 11.2 Å². The Morgan fingerprint density at radius 1 is 1.36 bits per heavy atom. The van der Waals surface area contributed by atoms with Gasteiger partial charge in [-0.05, 0) is 50.5 Å². The summed E-state index contributed by atoms with van der Waals surface area (Å²) in [6.45, 7) is 2.26. The maximum Gasteiger partial charge on any atom is 0.337 e. The average molecular weight is 409 g/mol. The number of aromatic nitrogens is 1. The van der Waals surface area contributed by atoms with Crippen molar-refractivity contribution in [2.45, 2.75) is 81.3 Å². The lowest BCUT2D eigenvalue weighted by Crippen LogP contribution is -2.57. The summed E-state index contributed by atoms with van der Waals surface area (Å²) in [6.07, 6.45) is 9.54. The van der Waals surface area contributed by atoms with Crippen LogP contribution < -0.4 is 10.5 Å². The largest absolute Gasteiger partial charge is 0.490 e. The van der Waals surface area contributed by atoms with Gasteiger partial charge in [-0.3, -0.25) is 4.98 Å². The van der Waals surface area contributed by atoms with Crippen molar-refractivity contribution in [1.29, 1.82) is 0 Å². The third-order valence-electron chi connectivity index (χ3n) is 6.05. The Morgan fingerprint density at radius 2 is 2.07 bits per heavy atom. The number of ether oxygens (including phenoxy) is 1.